The predicted octanol–water partition coefficient (Wildman–Crippen LogP) is -1.21. The van der Waals surface area contributed by atoms with Gasteiger partial charge in [0.2, 0.25) is 6.29 Å². The molecule has 1 aliphatic heterocycles. The zero-order valence-electron chi connectivity index (χ0n) is 12.8. The Labute approximate surface area is 133 Å². The third-order valence-electron chi connectivity index (χ3n) is 3.69. The van der Waals surface area contributed by atoms with Gasteiger partial charge >= 0.3 is 0 Å². The van der Waals surface area contributed by atoms with Crippen LogP contribution in [-0.4, -0.2) is 69.4 Å². The molecule has 1 heterocycles. The van der Waals surface area contributed by atoms with Crippen LogP contribution in [-0.2, 0) is 11.3 Å². The SMILES string of the molecule is CCNc1cc(CO)ccc1OC1OC(CO)C(O)C(O)C1O. The molecule has 6 N–H and O–H groups in total. The Morgan fingerprint density at radius 3 is 2.48 bits per heavy atom. The van der Waals surface area contributed by atoms with E-state index in [1.807, 2.05) is 6.92 Å². The Morgan fingerprint density at radius 2 is 1.87 bits per heavy atom. The largest absolute Gasteiger partial charge is 0.460 e. The summed E-state index contributed by atoms with van der Waals surface area (Å²) >= 11 is 0. The van der Waals surface area contributed by atoms with E-state index < -0.39 is 37.3 Å². The topological polar surface area (TPSA) is 132 Å². The Bertz CT molecular complexity index is 511. The minimum Gasteiger partial charge on any atom is -0.460 e. The molecule has 0 bridgehead atoms. The maximum absolute atomic E-state index is 10.0. The van der Waals surface area contributed by atoms with Crippen molar-refractivity contribution >= 4 is 5.69 Å². The fraction of sp³-hybridized carbons (Fsp3) is 0.600. The van der Waals surface area contributed by atoms with Gasteiger partial charge in [0.25, 0.3) is 0 Å². The van der Waals surface area contributed by atoms with Crippen LogP contribution in [0.25, 0.3) is 0 Å². The Morgan fingerprint density at radius 1 is 1.13 bits per heavy atom. The molecule has 5 unspecified atom stereocenters. The molecule has 0 radical (unpaired) electrons. The molecule has 0 aliphatic carbocycles. The number of nitrogens with one attached hydrogen (secondary N) is 1. The van der Waals surface area contributed by atoms with Crippen molar-refractivity contribution in [2.75, 3.05) is 18.5 Å². The fourth-order valence-electron chi connectivity index (χ4n) is 2.40. The van der Waals surface area contributed by atoms with E-state index in [0.717, 1.165) is 0 Å². The minimum atomic E-state index is -1.50. The average Bonchev–Trinajstić information content (AvgIpc) is 2.56. The highest BCUT2D eigenvalue weighted by Crippen LogP contribution is 2.30. The van der Waals surface area contributed by atoms with Crippen LogP contribution in [0.15, 0.2) is 18.2 Å². The van der Waals surface area contributed by atoms with Gasteiger partial charge < -0.3 is 40.3 Å². The number of ether oxygens (including phenoxy) is 2. The van der Waals surface area contributed by atoms with Crippen LogP contribution >= 0.6 is 0 Å². The number of hydrogen-bond donors (Lipinski definition) is 6. The maximum Gasteiger partial charge on any atom is 0.229 e. The molecule has 0 spiro atoms. The first-order valence-corrected chi connectivity index (χ1v) is 7.46. The van der Waals surface area contributed by atoms with Gasteiger partial charge in [-0.25, -0.2) is 0 Å². The van der Waals surface area contributed by atoms with Gasteiger partial charge in [0.1, 0.15) is 30.2 Å². The van der Waals surface area contributed by atoms with Crippen molar-refractivity contribution < 1.29 is 35.0 Å². The van der Waals surface area contributed by atoms with Gasteiger partial charge in [0.15, 0.2) is 0 Å². The summed E-state index contributed by atoms with van der Waals surface area (Å²) in [6.07, 6.45) is -6.68. The molecule has 0 aromatic heterocycles. The van der Waals surface area contributed by atoms with Crippen molar-refractivity contribution in [3.8, 4) is 5.75 Å². The number of rotatable bonds is 6. The number of aliphatic hydroxyl groups excluding tert-OH is 5. The van der Waals surface area contributed by atoms with E-state index in [0.29, 0.717) is 23.5 Å². The summed E-state index contributed by atoms with van der Waals surface area (Å²) in [5, 5.41) is 51.0. The summed E-state index contributed by atoms with van der Waals surface area (Å²) in [6, 6.07) is 4.95. The Balaban J connectivity index is 2.20. The zero-order chi connectivity index (χ0) is 17.0. The monoisotopic (exact) mass is 329 g/mol. The first-order valence-electron chi connectivity index (χ1n) is 7.46. The average molecular weight is 329 g/mol. The van der Waals surface area contributed by atoms with Crippen LogP contribution in [0.3, 0.4) is 0 Å². The van der Waals surface area contributed by atoms with Gasteiger partial charge in [0, 0.05) is 6.54 Å². The molecule has 23 heavy (non-hydrogen) atoms. The van der Waals surface area contributed by atoms with Crippen molar-refractivity contribution in [2.24, 2.45) is 0 Å². The van der Waals surface area contributed by atoms with Crippen LogP contribution in [0.1, 0.15) is 12.5 Å². The highest BCUT2D eigenvalue weighted by molar-refractivity contribution is 5.58. The summed E-state index contributed by atoms with van der Waals surface area (Å²) in [5.74, 6) is 0.355. The van der Waals surface area contributed by atoms with Crippen molar-refractivity contribution in [3.63, 3.8) is 0 Å². The third-order valence-corrected chi connectivity index (χ3v) is 3.69. The standard InChI is InChI=1S/C15H23NO7/c1-2-16-9-5-8(6-17)3-4-10(9)22-15-14(21)13(20)12(19)11(7-18)23-15/h3-5,11-21H,2,6-7H2,1H3. The highest BCUT2D eigenvalue weighted by Gasteiger charge is 2.44. The predicted molar refractivity (Wildman–Crippen MR) is 80.9 cm³/mol. The lowest BCUT2D eigenvalue weighted by Crippen LogP contribution is -2.60. The normalized spacial score (nSPS) is 31.0. The lowest BCUT2D eigenvalue weighted by molar-refractivity contribution is -0.277. The van der Waals surface area contributed by atoms with E-state index >= 15 is 0 Å². The summed E-state index contributed by atoms with van der Waals surface area (Å²) in [6.45, 7) is 1.86. The molecule has 8 nitrogen and oxygen atoms in total. The molecular formula is C15H23NO7. The summed E-state index contributed by atoms with van der Waals surface area (Å²) in [5.41, 5.74) is 1.28. The molecule has 1 fully saturated rings. The first kappa shape index (κ1) is 17.9. The van der Waals surface area contributed by atoms with Crippen molar-refractivity contribution in [2.45, 2.75) is 44.2 Å². The second-order valence-electron chi connectivity index (χ2n) is 5.33. The zero-order valence-corrected chi connectivity index (χ0v) is 12.8. The van der Waals surface area contributed by atoms with E-state index in [1.54, 1.807) is 18.2 Å². The summed E-state index contributed by atoms with van der Waals surface area (Å²) in [7, 11) is 0. The highest BCUT2D eigenvalue weighted by atomic mass is 16.7. The van der Waals surface area contributed by atoms with Crippen molar-refractivity contribution in [3.05, 3.63) is 23.8 Å². The second kappa shape index (κ2) is 7.91. The fourth-order valence-corrected chi connectivity index (χ4v) is 2.40. The molecule has 1 aromatic carbocycles. The quantitative estimate of drug-likeness (QED) is 0.383. The van der Waals surface area contributed by atoms with E-state index in [9.17, 15) is 25.5 Å². The van der Waals surface area contributed by atoms with Crippen LogP contribution in [0.4, 0.5) is 5.69 Å². The lowest BCUT2D eigenvalue weighted by Gasteiger charge is -2.39. The van der Waals surface area contributed by atoms with Gasteiger partial charge in [-0.05, 0) is 24.6 Å². The molecular weight excluding hydrogens is 306 g/mol. The van der Waals surface area contributed by atoms with Crippen LogP contribution in [0, 0.1) is 0 Å². The van der Waals surface area contributed by atoms with Gasteiger partial charge in [-0.1, -0.05) is 6.07 Å². The molecule has 0 saturated carbocycles. The van der Waals surface area contributed by atoms with E-state index in [1.165, 1.54) is 0 Å². The molecule has 5 atom stereocenters. The molecule has 1 aliphatic rings. The molecule has 0 amide bonds. The Hall–Kier alpha value is -1.42. The molecule has 1 aromatic rings. The smallest absolute Gasteiger partial charge is 0.229 e. The number of hydrogen-bond acceptors (Lipinski definition) is 8. The minimum absolute atomic E-state index is 0.126. The maximum atomic E-state index is 10.0. The van der Waals surface area contributed by atoms with E-state index in [2.05, 4.69) is 5.32 Å². The number of aliphatic hydroxyl groups is 5. The summed E-state index contributed by atoms with van der Waals surface area (Å²) < 4.78 is 10.9. The number of anilines is 1. The first-order chi connectivity index (χ1) is 11.0. The van der Waals surface area contributed by atoms with Gasteiger partial charge in [-0.3, -0.25) is 0 Å². The van der Waals surface area contributed by atoms with Crippen molar-refractivity contribution in [1.29, 1.82) is 0 Å². The van der Waals surface area contributed by atoms with Crippen molar-refractivity contribution in [1.82, 2.24) is 0 Å². The van der Waals surface area contributed by atoms with Crippen LogP contribution in [0.2, 0.25) is 0 Å². The molecule has 1 saturated heterocycles. The number of benzene rings is 1. The molecule has 130 valence electrons. The van der Waals surface area contributed by atoms with Gasteiger partial charge in [-0.2, -0.15) is 0 Å². The molecule has 2 rings (SSSR count). The Kier molecular flexibility index (Phi) is 6.17. The second-order valence-corrected chi connectivity index (χ2v) is 5.33. The molecule has 8 heteroatoms. The van der Waals surface area contributed by atoms with E-state index in [-0.39, 0.29) is 6.61 Å². The van der Waals surface area contributed by atoms with Gasteiger partial charge in [-0.15, -0.1) is 0 Å². The van der Waals surface area contributed by atoms with Gasteiger partial charge in [0.05, 0.1) is 18.9 Å². The summed E-state index contributed by atoms with van der Waals surface area (Å²) in [4.78, 5) is 0. The van der Waals surface area contributed by atoms with E-state index in [4.69, 9.17) is 9.47 Å². The van der Waals surface area contributed by atoms with Crippen LogP contribution < -0.4 is 10.1 Å². The lowest BCUT2D eigenvalue weighted by atomic mass is 9.99. The third kappa shape index (κ3) is 3.92. The van der Waals surface area contributed by atoms with Crippen LogP contribution in [0.5, 0.6) is 5.75 Å².